The molecule has 1 saturated carbocycles. The van der Waals surface area contributed by atoms with Gasteiger partial charge in [-0.25, -0.2) is 0 Å². The smallest absolute Gasteiger partial charge is 0.0374 e. The molecular weight excluding hydrogens is 158 g/mol. The summed E-state index contributed by atoms with van der Waals surface area (Å²) in [5, 5.41) is 3.44. The second-order valence-corrected chi connectivity index (χ2v) is 3.92. The molecule has 0 spiro atoms. The molecule has 0 bridgehead atoms. The molecule has 0 amide bonds. The van der Waals surface area contributed by atoms with Gasteiger partial charge in [-0.05, 0) is 32.2 Å². The van der Waals surface area contributed by atoms with E-state index in [2.05, 4.69) is 12.2 Å². The molecule has 1 aliphatic rings. The summed E-state index contributed by atoms with van der Waals surface area (Å²) < 4.78 is 0. The minimum atomic E-state index is 0.484. The van der Waals surface area contributed by atoms with Crippen molar-refractivity contribution in [2.75, 3.05) is 12.4 Å². The SMILES string of the molecule is CC(CCl)NCC1CCCC1. The molecule has 1 rings (SSSR count). The molecule has 0 aromatic rings. The zero-order valence-corrected chi connectivity index (χ0v) is 8.03. The van der Waals surface area contributed by atoms with Gasteiger partial charge in [-0.1, -0.05) is 12.8 Å². The van der Waals surface area contributed by atoms with Crippen LogP contribution in [0, 0.1) is 5.92 Å². The van der Waals surface area contributed by atoms with Crippen LogP contribution in [0.3, 0.4) is 0 Å². The number of nitrogens with one attached hydrogen (secondary N) is 1. The van der Waals surface area contributed by atoms with E-state index in [1.165, 1.54) is 32.2 Å². The van der Waals surface area contributed by atoms with E-state index >= 15 is 0 Å². The average Bonchev–Trinajstić information content (AvgIpc) is 2.52. The number of hydrogen-bond donors (Lipinski definition) is 1. The van der Waals surface area contributed by atoms with Gasteiger partial charge in [0.2, 0.25) is 0 Å². The van der Waals surface area contributed by atoms with Gasteiger partial charge in [-0.15, -0.1) is 11.6 Å². The van der Waals surface area contributed by atoms with Gasteiger partial charge in [0.25, 0.3) is 0 Å². The Morgan fingerprint density at radius 2 is 2.09 bits per heavy atom. The molecule has 0 aromatic carbocycles. The van der Waals surface area contributed by atoms with Crippen molar-refractivity contribution < 1.29 is 0 Å². The molecule has 0 aliphatic heterocycles. The third-order valence-electron chi connectivity index (χ3n) is 2.46. The topological polar surface area (TPSA) is 12.0 Å². The Balaban J connectivity index is 2.01. The summed E-state index contributed by atoms with van der Waals surface area (Å²) in [6.07, 6.45) is 5.70. The standard InChI is InChI=1S/C9H18ClN/c1-8(6-10)11-7-9-4-2-3-5-9/h8-9,11H,2-7H2,1H3. The van der Waals surface area contributed by atoms with Gasteiger partial charge >= 0.3 is 0 Å². The predicted molar refractivity (Wildman–Crippen MR) is 50.1 cm³/mol. The first kappa shape index (κ1) is 9.34. The molecule has 11 heavy (non-hydrogen) atoms. The lowest BCUT2D eigenvalue weighted by Gasteiger charge is -2.14. The number of rotatable bonds is 4. The molecule has 1 fully saturated rings. The third kappa shape index (κ3) is 3.44. The Hall–Kier alpha value is 0.250. The highest BCUT2D eigenvalue weighted by molar-refractivity contribution is 6.18. The van der Waals surface area contributed by atoms with Crippen molar-refractivity contribution in [3.05, 3.63) is 0 Å². The lowest BCUT2D eigenvalue weighted by Crippen LogP contribution is -2.31. The lowest BCUT2D eigenvalue weighted by atomic mass is 10.1. The van der Waals surface area contributed by atoms with Crippen LogP contribution in [0.4, 0.5) is 0 Å². The monoisotopic (exact) mass is 175 g/mol. The van der Waals surface area contributed by atoms with Gasteiger partial charge in [0.15, 0.2) is 0 Å². The molecule has 1 atom stereocenters. The highest BCUT2D eigenvalue weighted by atomic mass is 35.5. The second-order valence-electron chi connectivity index (χ2n) is 3.61. The van der Waals surface area contributed by atoms with Gasteiger partial charge in [0.1, 0.15) is 0 Å². The highest BCUT2D eigenvalue weighted by Gasteiger charge is 2.14. The fourth-order valence-electron chi connectivity index (χ4n) is 1.64. The van der Waals surface area contributed by atoms with Crippen molar-refractivity contribution >= 4 is 11.6 Å². The summed E-state index contributed by atoms with van der Waals surface area (Å²) >= 11 is 5.67. The third-order valence-corrected chi connectivity index (χ3v) is 2.92. The van der Waals surface area contributed by atoms with Crippen molar-refractivity contribution in [3.63, 3.8) is 0 Å². The van der Waals surface area contributed by atoms with Crippen LogP contribution >= 0.6 is 11.6 Å². The quantitative estimate of drug-likeness (QED) is 0.648. The molecule has 0 saturated heterocycles. The van der Waals surface area contributed by atoms with Crippen molar-refractivity contribution in [2.45, 2.75) is 38.6 Å². The average molecular weight is 176 g/mol. The summed E-state index contributed by atoms with van der Waals surface area (Å²) in [5.41, 5.74) is 0. The summed E-state index contributed by atoms with van der Waals surface area (Å²) in [4.78, 5) is 0. The predicted octanol–water partition coefficient (Wildman–Crippen LogP) is 2.39. The van der Waals surface area contributed by atoms with Crippen LogP contribution in [0.1, 0.15) is 32.6 Å². The van der Waals surface area contributed by atoms with Gasteiger partial charge in [0, 0.05) is 11.9 Å². The Bertz CT molecular complexity index is 99.7. The van der Waals surface area contributed by atoms with E-state index in [-0.39, 0.29) is 0 Å². The molecular formula is C9H18ClN. The molecule has 0 aromatic heterocycles. The number of alkyl halides is 1. The van der Waals surface area contributed by atoms with Crippen LogP contribution in [-0.2, 0) is 0 Å². The summed E-state index contributed by atoms with van der Waals surface area (Å²) in [7, 11) is 0. The highest BCUT2D eigenvalue weighted by Crippen LogP contribution is 2.23. The molecule has 1 aliphatic carbocycles. The van der Waals surface area contributed by atoms with Crippen molar-refractivity contribution in [1.29, 1.82) is 0 Å². The minimum absolute atomic E-state index is 0.484. The largest absolute Gasteiger partial charge is 0.313 e. The summed E-state index contributed by atoms with van der Waals surface area (Å²) in [6, 6.07) is 0.484. The minimum Gasteiger partial charge on any atom is -0.313 e. The first-order chi connectivity index (χ1) is 5.33. The van der Waals surface area contributed by atoms with Gasteiger partial charge in [-0.3, -0.25) is 0 Å². The van der Waals surface area contributed by atoms with Gasteiger partial charge < -0.3 is 5.32 Å². The summed E-state index contributed by atoms with van der Waals surface area (Å²) in [5.74, 6) is 1.66. The van der Waals surface area contributed by atoms with Crippen molar-refractivity contribution in [3.8, 4) is 0 Å². The van der Waals surface area contributed by atoms with E-state index in [1.807, 2.05) is 0 Å². The van der Waals surface area contributed by atoms with E-state index in [9.17, 15) is 0 Å². The van der Waals surface area contributed by atoms with Crippen LogP contribution in [-0.4, -0.2) is 18.5 Å². The van der Waals surface area contributed by atoms with Crippen LogP contribution in [0.15, 0.2) is 0 Å². The number of hydrogen-bond acceptors (Lipinski definition) is 1. The fraction of sp³-hybridized carbons (Fsp3) is 1.00. The van der Waals surface area contributed by atoms with E-state index in [0.29, 0.717) is 6.04 Å². The van der Waals surface area contributed by atoms with E-state index in [1.54, 1.807) is 0 Å². The van der Waals surface area contributed by atoms with Crippen LogP contribution in [0.5, 0.6) is 0 Å². The second kappa shape index (κ2) is 5.00. The Labute approximate surface area is 74.5 Å². The number of halogens is 1. The van der Waals surface area contributed by atoms with E-state index in [0.717, 1.165) is 11.8 Å². The Morgan fingerprint density at radius 3 is 2.64 bits per heavy atom. The molecule has 1 unspecified atom stereocenters. The van der Waals surface area contributed by atoms with Crippen molar-refractivity contribution in [1.82, 2.24) is 5.32 Å². The van der Waals surface area contributed by atoms with Crippen LogP contribution in [0.25, 0.3) is 0 Å². The molecule has 0 heterocycles. The molecule has 0 radical (unpaired) electrons. The molecule has 1 N–H and O–H groups in total. The Morgan fingerprint density at radius 1 is 1.45 bits per heavy atom. The molecule has 1 nitrogen and oxygen atoms in total. The lowest BCUT2D eigenvalue weighted by molar-refractivity contribution is 0.461. The maximum atomic E-state index is 5.67. The molecule has 66 valence electrons. The first-order valence-electron chi connectivity index (χ1n) is 4.62. The maximum Gasteiger partial charge on any atom is 0.0374 e. The van der Waals surface area contributed by atoms with E-state index in [4.69, 9.17) is 11.6 Å². The fourth-order valence-corrected chi connectivity index (χ4v) is 1.75. The van der Waals surface area contributed by atoms with Crippen LogP contribution < -0.4 is 5.32 Å². The normalized spacial score (nSPS) is 22.4. The van der Waals surface area contributed by atoms with E-state index < -0.39 is 0 Å². The van der Waals surface area contributed by atoms with Crippen molar-refractivity contribution in [2.24, 2.45) is 5.92 Å². The van der Waals surface area contributed by atoms with Gasteiger partial charge in [-0.2, -0.15) is 0 Å². The zero-order chi connectivity index (χ0) is 8.10. The van der Waals surface area contributed by atoms with Gasteiger partial charge in [0.05, 0.1) is 0 Å². The molecule has 2 heteroatoms. The summed E-state index contributed by atoms with van der Waals surface area (Å²) in [6.45, 7) is 3.32. The first-order valence-corrected chi connectivity index (χ1v) is 5.15. The van der Waals surface area contributed by atoms with Crippen LogP contribution in [0.2, 0.25) is 0 Å². The maximum absolute atomic E-state index is 5.67. The zero-order valence-electron chi connectivity index (χ0n) is 7.28. The Kier molecular flexibility index (Phi) is 4.24.